The lowest BCUT2D eigenvalue weighted by atomic mass is 10.1. The van der Waals surface area contributed by atoms with Crippen molar-refractivity contribution in [2.45, 2.75) is 44.4 Å². The molecule has 2 N–H and O–H groups in total. The number of carbonyl (C=O) groups is 1. The van der Waals surface area contributed by atoms with Gasteiger partial charge in [-0.05, 0) is 32.7 Å². The number of ether oxygens (including phenoxy) is 1. The van der Waals surface area contributed by atoms with Crippen LogP contribution in [0, 0.1) is 0 Å². The number of amides is 1. The third-order valence-corrected chi connectivity index (χ3v) is 3.08. The van der Waals surface area contributed by atoms with Gasteiger partial charge in [-0.3, -0.25) is 4.79 Å². The van der Waals surface area contributed by atoms with Crippen molar-refractivity contribution in [3.05, 3.63) is 0 Å². The Labute approximate surface area is 84.4 Å². The minimum absolute atomic E-state index is 0.0304. The van der Waals surface area contributed by atoms with Gasteiger partial charge in [0.25, 0.3) is 0 Å². The monoisotopic (exact) mass is 198 g/mol. The fourth-order valence-electron chi connectivity index (χ4n) is 2.11. The maximum atomic E-state index is 11.7. The molecule has 1 amide bonds. The Balaban J connectivity index is 1.81. The minimum Gasteiger partial charge on any atom is -0.376 e. The maximum Gasteiger partial charge on any atom is 0.237 e. The SMILES string of the molecule is CC1OCCC1NC(=O)[C@H]1CCCN1. The van der Waals surface area contributed by atoms with Crippen LogP contribution in [0.3, 0.4) is 0 Å². The first-order valence-electron chi connectivity index (χ1n) is 5.43. The molecule has 2 rings (SSSR count). The predicted octanol–water partition coefficient (Wildman–Crippen LogP) is 0.0320. The van der Waals surface area contributed by atoms with E-state index >= 15 is 0 Å². The molecule has 2 aliphatic rings. The van der Waals surface area contributed by atoms with Crippen molar-refractivity contribution in [2.75, 3.05) is 13.2 Å². The van der Waals surface area contributed by atoms with E-state index in [2.05, 4.69) is 10.6 Å². The molecule has 2 saturated heterocycles. The van der Waals surface area contributed by atoms with E-state index in [1.807, 2.05) is 6.92 Å². The minimum atomic E-state index is 0.0304. The van der Waals surface area contributed by atoms with E-state index in [4.69, 9.17) is 4.74 Å². The third-order valence-electron chi connectivity index (χ3n) is 3.08. The van der Waals surface area contributed by atoms with Crippen LogP contribution in [0.1, 0.15) is 26.2 Å². The maximum absolute atomic E-state index is 11.7. The highest BCUT2D eigenvalue weighted by Gasteiger charge is 2.29. The summed E-state index contributed by atoms with van der Waals surface area (Å²) in [5.41, 5.74) is 0. The average Bonchev–Trinajstić information content (AvgIpc) is 2.77. The Hall–Kier alpha value is -0.610. The molecule has 0 saturated carbocycles. The van der Waals surface area contributed by atoms with Crippen molar-refractivity contribution in [2.24, 2.45) is 0 Å². The largest absolute Gasteiger partial charge is 0.376 e. The van der Waals surface area contributed by atoms with Crippen molar-refractivity contribution in [1.29, 1.82) is 0 Å². The van der Waals surface area contributed by atoms with Gasteiger partial charge < -0.3 is 15.4 Å². The van der Waals surface area contributed by atoms with Crippen molar-refractivity contribution in [3.63, 3.8) is 0 Å². The Kier molecular flexibility index (Phi) is 3.03. The number of hydrogen-bond donors (Lipinski definition) is 2. The summed E-state index contributed by atoms with van der Waals surface area (Å²) >= 11 is 0. The molecule has 4 heteroatoms. The first kappa shape index (κ1) is 9.93. The van der Waals surface area contributed by atoms with Crippen molar-refractivity contribution >= 4 is 5.91 Å². The lowest BCUT2D eigenvalue weighted by Crippen LogP contribution is -2.47. The summed E-state index contributed by atoms with van der Waals surface area (Å²) in [6.45, 7) is 3.75. The summed E-state index contributed by atoms with van der Waals surface area (Å²) in [5, 5.41) is 6.24. The Bertz CT molecular complexity index is 214. The van der Waals surface area contributed by atoms with Gasteiger partial charge in [-0.2, -0.15) is 0 Å². The fourth-order valence-corrected chi connectivity index (χ4v) is 2.11. The molecule has 0 aromatic carbocycles. The van der Waals surface area contributed by atoms with Crippen LogP contribution >= 0.6 is 0 Å². The van der Waals surface area contributed by atoms with Gasteiger partial charge in [-0.25, -0.2) is 0 Å². The molecule has 2 fully saturated rings. The molecule has 3 atom stereocenters. The third kappa shape index (κ3) is 2.07. The van der Waals surface area contributed by atoms with Crippen molar-refractivity contribution in [3.8, 4) is 0 Å². The molecule has 14 heavy (non-hydrogen) atoms. The lowest BCUT2D eigenvalue weighted by molar-refractivity contribution is -0.123. The number of nitrogens with one attached hydrogen (secondary N) is 2. The zero-order chi connectivity index (χ0) is 9.97. The van der Waals surface area contributed by atoms with E-state index in [0.717, 1.165) is 32.4 Å². The van der Waals surface area contributed by atoms with Crippen molar-refractivity contribution < 1.29 is 9.53 Å². The molecule has 0 aromatic heterocycles. The van der Waals surface area contributed by atoms with Gasteiger partial charge in [0, 0.05) is 6.61 Å². The molecule has 4 nitrogen and oxygen atoms in total. The summed E-state index contributed by atoms with van der Waals surface area (Å²) < 4.78 is 5.39. The highest BCUT2D eigenvalue weighted by Crippen LogP contribution is 2.13. The average molecular weight is 198 g/mol. The predicted molar refractivity (Wildman–Crippen MR) is 53.0 cm³/mol. The molecular weight excluding hydrogens is 180 g/mol. The normalized spacial score (nSPS) is 37.4. The second-order valence-electron chi connectivity index (χ2n) is 4.13. The molecule has 2 heterocycles. The van der Waals surface area contributed by atoms with Gasteiger partial charge in [-0.15, -0.1) is 0 Å². The summed E-state index contributed by atoms with van der Waals surface area (Å²) in [4.78, 5) is 11.7. The zero-order valence-corrected chi connectivity index (χ0v) is 8.58. The number of rotatable bonds is 2. The van der Waals surface area contributed by atoms with Crippen LogP contribution in [0.15, 0.2) is 0 Å². The molecule has 2 unspecified atom stereocenters. The Morgan fingerprint density at radius 2 is 2.36 bits per heavy atom. The van der Waals surface area contributed by atoms with Crippen LogP contribution in [0.4, 0.5) is 0 Å². The summed E-state index contributed by atoms with van der Waals surface area (Å²) in [6.07, 6.45) is 3.18. The molecule has 0 spiro atoms. The second-order valence-corrected chi connectivity index (χ2v) is 4.13. The van der Waals surface area contributed by atoms with Gasteiger partial charge >= 0.3 is 0 Å². The standard InChI is InChI=1S/C10H18N2O2/c1-7-8(4-6-14-7)12-10(13)9-3-2-5-11-9/h7-9,11H,2-6H2,1H3,(H,12,13)/t7?,8?,9-/m1/s1. The van der Waals surface area contributed by atoms with Crippen LogP contribution in [-0.2, 0) is 9.53 Å². The fraction of sp³-hybridized carbons (Fsp3) is 0.900. The van der Waals surface area contributed by atoms with Crippen LogP contribution < -0.4 is 10.6 Å². The van der Waals surface area contributed by atoms with E-state index in [9.17, 15) is 4.79 Å². The molecule has 2 aliphatic heterocycles. The molecule has 80 valence electrons. The molecular formula is C10H18N2O2. The topological polar surface area (TPSA) is 50.4 Å². The molecule has 0 aliphatic carbocycles. The first-order chi connectivity index (χ1) is 6.77. The van der Waals surface area contributed by atoms with Gasteiger partial charge in [-0.1, -0.05) is 0 Å². The number of hydrogen-bond acceptors (Lipinski definition) is 3. The summed E-state index contributed by atoms with van der Waals surface area (Å²) in [6, 6.07) is 0.243. The van der Waals surface area contributed by atoms with E-state index in [1.54, 1.807) is 0 Å². The van der Waals surface area contributed by atoms with Gasteiger partial charge in [0.2, 0.25) is 5.91 Å². The highest BCUT2D eigenvalue weighted by atomic mass is 16.5. The summed E-state index contributed by atoms with van der Waals surface area (Å²) in [7, 11) is 0. The molecule has 0 aromatic rings. The van der Waals surface area contributed by atoms with Crippen LogP contribution in [-0.4, -0.2) is 37.2 Å². The van der Waals surface area contributed by atoms with E-state index in [0.29, 0.717) is 0 Å². The van der Waals surface area contributed by atoms with Crippen molar-refractivity contribution in [1.82, 2.24) is 10.6 Å². The van der Waals surface area contributed by atoms with Crippen LogP contribution in [0.5, 0.6) is 0 Å². The smallest absolute Gasteiger partial charge is 0.237 e. The first-order valence-corrected chi connectivity index (χ1v) is 5.43. The number of carbonyl (C=O) groups excluding carboxylic acids is 1. The lowest BCUT2D eigenvalue weighted by Gasteiger charge is -2.18. The quantitative estimate of drug-likeness (QED) is 0.658. The van der Waals surface area contributed by atoms with E-state index < -0.39 is 0 Å². The Morgan fingerprint density at radius 1 is 1.50 bits per heavy atom. The second kappa shape index (κ2) is 4.28. The van der Waals surface area contributed by atoms with Gasteiger partial charge in [0.15, 0.2) is 0 Å². The van der Waals surface area contributed by atoms with E-state index in [-0.39, 0.29) is 24.1 Å². The van der Waals surface area contributed by atoms with Gasteiger partial charge in [0.1, 0.15) is 0 Å². The highest BCUT2D eigenvalue weighted by molar-refractivity contribution is 5.82. The van der Waals surface area contributed by atoms with Crippen LogP contribution in [0.25, 0.3) is 0 Å². The Morgan fingerprint density at radius 3 is 2.93 bits per heavy atom. The van der Waals surface area contributed by atoms with Crippen LogP contribution in [0.2, 0.25) is 0 Å². The summed E-state index contributed by atoms with van der Waals surface area (Å²) in [5.74, 6) is 0.143. The molecule has 0 radical (unpaired) electrons. The zero-order valence-electron chi connectivity index (χ0n) is 8.58. The molecule has 0 bridgehead atoms. The van der Waals surface area contributed by atoms with E-state index in [1.165, 1.54) is 0 Å². The van der Waals surface area contributed by atoms with Gasteiger partial charge in [0.05, 0.1) is 18.2 Å².